The lowest BCUT2D eigenvalue weighted by molar-refractivity contribution is 0.0951. The minimum absolute atomic E-state index is 0.0921. The highest BCUT2D eigenvalue weighted by molar-refractivity contribution is 6.07. The molecule has 0 atom stereocenters. The van der Waals surface area contributed by atoms with E-state index in [1.165, 1.54) is 14.2 Å². The van der Waals surface area contributed by atoms with E-state index >= 15 is 0 Å². The third-order valence-electron chi connectivity index (χ3n) is 3.78. The molecule has 134 valence electrons. The van der Waals surface area contributed by atoms with E-state index in [0.717, 1.165) is 0 Å². The lowest BCUT2D eigenvalue weighted by Crippen LogP contribution is -2.25. The van der Waals surface area contributed by atoms with Crippen LogP contribution in [0, 0.1) is 0 Å². The molecule has 0 saturated carbocycles. The van der Waals surface area contributed by atoms with Crippen LogP contribution >= 0.6 is 0 Å². The Morgan fingerprint density at radius 3 is 2.69 bits per heavy atom. The number of nitrogens with one attached hydrogen (secondary N) is 1. The zero-order chi connectivity index (χ0) is 18.7. The van der Waals surface area contributed by atoms with Gasteiger partial charge >= 0.3 is 6.01 Å². The lowest BCUT2D eigenvalue weighted by Gasteiger charge is -2.12. The fourth-order valence-corrected chi connectivity index (χ4v) is 2.57. The molecule has 0 aliphatic carbocycles. The van der Waals surface area contributed by atoms with Crippen LogP contribution in [-0.2, 0) is 0 Å². The van der Waals surface area contributed by atoms with Crippen LogP contribution in [0.25, 0.3) is 22.0 Å². The molecular formula is C17H18N6O3. The Hall–Kier alpha value is -3.49. The molecule has 0 unspecified atom stereocenters. The first-order valence-electron chi connectivity index (χ1n) is 7.89. The van der Waals surface area contributed by atoms with Gasteiger partial charge in [0.1, 0.15) is 5.52 Å². The molecule has 26 heavy (non-hydrogen) atoms. The second-order valence-electron chi connectivity index (χ2n) is 5.30. The second kappa shape index (κ2) is 7.18. The zero-order valence-corrected chi connectivity index (χ0v) is 14.6. The van der Waals surface area contributed by atoms with Gasteiger partial charge in [-0.1, -0.05) is 18.2 Å². The number of nitrogens with zero attached hydrogens (tertiary/aromatic N) is 4. The Labute approximate surface area is 149 Å². The first kappa shape index (κ1) is 17.3. The van der Waals surface area contributed by atoms with Crippen molar-refractivity contribution >= 4 is 22.5 Å². The molecule has 0 radical (unpaired) electrons. The number of anilines is 1. The van der Waals surface area contributed by atoms with E-state index in [2.05, 4.69) is 25.5 Å². The van der Waals surface area contributed by atoms with Crippen LogP contribution in [0.1, 0.15) is 17.4 Å². The molecule has 0 aliphatic heterocycles. The van der Waals surface area contributed by atoms with Gasteiger partial charge in [0.25, 0.3) is 5.91 Å². The number of carbonyl (C=O) groups excluding carboxylic acids is 1. The number of amides is 1. The molecule has 9 nitrogen and oxygen atoms in total. The third kappa shape index (κ3) is 2.94. The van der Waals surface area contributed by atoms with Gasteiger partial charge in [-0.25, -0.2) is 4.98 Å². The summed E-state index contributed by atoms with van der Waals surface area (Å²) in [6, 6.07) is 5.61. The number of hydrogen-bond donors (Lipinski definition) is 2. The van der Waals surface area contributed by atoms with Crippen molar-refractivity contribution < 1.29 is 14.3 Å². The molecular weight excluding hydrogens is 336 g/mol. The summed E-state index contributed by atoms with van der Waals surface area (Å²) in [5.74, 6) is -0.0345. The molecule has 1 aromatic carbocycles. The van der Waals surface area contributed by atoms with E-state index in [0.29, 0.717) is 34.5 Å². The summed E-state index contributed by atoms with van der Waals surface area (Å²) in [7, 11) is 2.98. The lowest BCUT2D eigenvalue weighted by atomic mass is 10.0. The van der Waals surface area contributed by atoms with Crippen molar-refractivity contribution in [1.29, 1.82) is 0 Å². The number of carbonyl (C=O) groups is 1. The number of fused-ring (bicyclic) bond motifs is 1. The minimum Gasteiger partial charge on any atom is -0.480 e. The standard InChI is InChI=1S/C17H18N6O3/c1-4-19-15(24)14-12(18)10-7-5-6-9(13(10)22-23-14)11-8-20-17(26-3)21-16(11)25-2/h5-8H,4H2,1-3H3,(H2,18,22)(H,19,24). The molecule has 0 bridgehead atoms. The number of rotatable bonds is 5. The highest BCUT2D eigenvalue weighted by Gasteiger charge is 2.19. The summed E-state index contributed by atoms with van der Waals surface area (Å²) in [5, 5.41) is 11.5. The number of nitrogens with two attached hydrogens (primary N) is 1. The van der Waals surface area contributed by atoms with Gasteiger partial charge in [0.15, 0.2) is 5.69 Å². The van der Waals surface area contributed by atoms with Crippen molar-refractivity contribution in [1.82, 2.24) is 25.5 Å². The summed E-state index contributed by atoms with van der Waals surface area (Å²) in [4.78, 5) is 20.4. The Bertz CT molecular complexity index is 976. The molecule has 2 heterocycles. The van der Waals surface area contributed by atoms with Gasteiger partial charge in [-0.2, -0.15) is 4.98 Å². The van der Waals surface area contributed by atoms with E-state index in [1.807, 2.05) is 13.0 Å². The third-order valence-corrected chi connectivity index (χ3v) is 3.78. The number of aromatic nitrogens is 4. The van der Waals surface area contributed by atoms with Gasteiger partial charge in [0.05, 0.1) is 25.5 Å². The van der Waals surface area contributed by atoms with Crippen molar-refractivity contribution in [2.24, 2.45) is 0 Å². The van der Waals surface area contributed by atoms with Crippen LogP contribution in [0.2, 0.25) is 0 Å². The molecule has 3 N–H and O–H groups in total. The van der Waals surface area contributed by atoms with E-state index < -0.39 is 0 Å². The molecule has 1 amide bonds. The summed E-state index contributed by atoms with van der Waals surface area (Å²) in [6.45, 7) is 2.29. The van der Waals surface area contributed by atoms with Gasteiger partial charge < -0.3 is 20.5 Å². The van der Waals surface area contributed by atoms with Gasteiger partial charge in [0, 0.05) is 23.7 Å². The van der Waals surface area contributed by atoms with E-state index in [1.54, 1.807) is 18.3 Å². The Morgan fingerprint density at radius 1 is 1.19 bits per heavy atom. The Balaban J connectivity index is 2.20. The maximum absolute atomic E-state index is 12.1. The van der Waals surface area contributed by atoms with E-state index in [4.69, 9.17) is 15.2 Å². The fourth-order valence-electron chi connectivity index (χ4n) is 2.57. The summed E-state index contributed by atoms with van der Waals surface area (Å²) in [6.07, 6.45) is 1.58. The van der Waals surface area contributed by atoms with Crippen molar-refractivity contribution in [2.75, 3.05) is 26.5 Å². The summed E-state index contributed by atoms with van der Waals surface area (Å²) >= 11 is 0. The van der Waals surface area contributed by atoms with Gasteiger partial charge in [-0.3, -0.25) is 4.79 Å². The fraction of sp³-hybridized carbons (Fsp3) is 0.235. The molecule has 2 aromatic heterocycles. The normalized spacial score (nSPS) is 10.6. The van der Waals surface area contributed by atoms with Crippen molar-refractivity contribution in [3.8, 4) is 23.0 Å². The minimum atomic E-state index is -0.366. The van der Waals surface area contributed by atoms with Crippen LogP contribution in [0.3, 0.4) is 0 Å². The van der Waals surface area contributed by atoms with Crippen LogP contribution in [0.15, 0.2) is 24.4 Å². The van der Waals surface area contributed by atoms with Crippen LogP contribution < -0.4 is 20.5 Å². The number of nitrogen functional groups attached to an aromatic ring is 1. The van der Waals surface area contributed by atoms with E-state index in [9.17, 15) is 4.79 Å². The average Bonchev–Trinajstić information content (AvgIpc) is 2.67. The first-order valence-corrected chi connectivity index (χ1v) is 7.89. The molecule has 0 aliphatic rings. The van der Waals surface area contributed by atoms with Crippen LogP contribution in [-0.4, -0.2) is 46.8 Å². The average molecular weight is 354 g/mol. The van der Waals surface area contributed by atoms with Gasteiger partial charge in [-0.15, -0.1) is 10.2 Å². The molecule has 3 aromatic rings. The molecule has 0 fully saturated rings. The highest BCUT2D eigenvalue weighted by atomic mass is 16.5. The molecule has 0 spiro atoms. The van der Waals surface area contributed by atoms with Gasteiger partial charge in [0.2, 0.25) is 5.88 Å². The number of hydrogen-bond acceptors (Lipinski definition) is 8. The zero-order valence-electron chi connectivity index (χ0n) is 14.6. The van der Waals surface area contributed by atoms with Crippen molar-refractivity contribution in [3.63, 3.8) is 0 Å². The molecule has 0 saturated heterocycles. The maximum Gasteiger partial charge on any atom is 0.319 e. The summed E-state index contributed by atoms with van der Waals surface area (Å²) in [5.41, 5.74) is 8.33. The largest absolute Gasteiger partial charge is 0.480 e. The Morgan fingerprint density at radius 2 is 2.00 bits per heavy atom. The quantitative estimate of drug-likeness (QED) is 0.705. The van der Waals surface area contributed by atoms with Crippen molar-refractivity contribution in [2.45, 2.75) is 6.92 Å². The predicted octanol–water partition coefficient (Wildman–Crippen LogP) is 1.44. The SMILES string of the molecule is CCNC(=O)c1nnc2c(-c3cnc(OC)nc3OC)cccc2c1N. The monoisotopic (exact) mass is 354 g/mol. The maximum atomic E-state index is 12.1. The second-order valence-corrected chi connectivity index (χ2v) is 5.30. The van der Waals surface area contributed by atoms with Crippen LogP contribution in [0.4, 0.5) is 5.69 Å². The Kier molecular flexibility index (Phi) is 4.78. The van der Waals surface area contributed by atoms with Crippen molar-refractivity contribution in [3.05, 3.63) is 30.1 Å². The van der Waals surface area contributed by atoms with Crippen LogP contribution in [0.5, 0.6) is 11.9 Å². The first-order chi connectivity index (χ1) is 12.6. The highest BCUT2D eigenvalue weighted by Crippen LogP contribution is 2.35. The smallest absolute Gasteiger partial charge is 0.319 e. The molecule has 9 heteroatoms. The predicted molar refractivity (Wildman–Crippen MR) is 96.1 cm³/mol. The number of benzene rings is 1. The topological polar surface area (TPSA) is 125 Å². The number of ether oxygens (including phenoxy) is 2. The van der Waals surface area contributed by atoms with Gasteiger partial charge in [-0.05, 0) is 6.92 Å². The molecule has 3 rings (SSSR count). The number of methoxy groups -OCH3 is 2. The summed E-state index contributed by atoms with van der Waals surface area (Å²) < 4.78 is 10.4. The van der Waals surface area contributed by atoms with E-state index in [-0.39, 0.29) is 23.3 Å².